The molecule has 0 saturated carbocycles. The summed E-state index contributed by atoms with van der Waals surface area (Å²) in [4.78, 5) is 34.5. The van der Waals surface area contributed by atoms with Gasteiger partial charge in [0.25, 0.3) is 11.7 Å². The Hall–Kier alpha value is -2.97. The van der Waals surface area contributed by atoms with Crippen molar-refractivity contribution in [2.75, 3.05) is 27.2 Å². The summed E-state index contributed by atoms with van der Waals surface area (Å²) in [6.07, 6.45) is 2.58. The first kappa shape index (κ1) is 23.2. The quantitative estimate of drug-likeness (QED) is 0.307. The summed E-state index contributed by atoms with van der Waals surface area (Å²) in [5, 5.41) is 11.4. The number of hydrogen-bond acceptors (Lipinski definition) is 5. The predicted molar refractivity (Wildman–Crippen MR) is 131 cm³/mol. The standard InChI is InChI=1S/C25H27BrN4O3/c1-15-7-5-13-29-16(2)20(27-24(15)29)22(31)19-21(17-8-10-18(26)11-9-17)30(25(33)23(19)32)14-6-12-28(3)4/h5,7-11,13,21,31H,6,12,14H2,1-4H3/b22-19+. The molecule has 1 N–H and O–H groups in total. The molecule has 7 nitrogen and oxygen atoms in total. The normalized spacial score (nSPS) is 18.1. The van der Waals surface area contributed by atoms with Crippen molar-refractivity contribution >= 4 is 39.0 Å². The van der Waals surface area contributed by atoms with Gasteiger partial charge >= 0.3 is 0 Å². The van der Waals surface area contributed by atoms with Gasteiger partial charge in [0, 0.05) is 17.2 Å². The molecule has 0 aliphatic carbocycles. The highest BCUT2D eigenvalue weighted by Gasteiger charge is 2.46. The number of imidazole rings is 1. The first-order valence-electron chi connectivity index (χ1n) is 10.8. The monoisotopic (exact) mass is 510 g/mol. The van der Waals surface area contributed by atoms with Crippen LogP contribution in [0.3, 0.4) is 0 Å². The number of nitrogens with zero attached hydrogens (tertiary/aromatic N) is 4. The molecule has 4 rings (SSSR count). The smallest absolute Gasteiger partial charge is 0.295 e. The van der Waals surface area contributed by atoms with E-state index in [9.17, 15) is 14.7 Å². The van der Waals surface area contributed by atoms with Crippen molar-refractivity contribution in [1.29, 1.82) is 0 Å². The molecule has 0 bridgehead atoms. The highest BCUT2D eigenvalue weighted by molar-refractivity contribution is 9.10. The van der Waals surface area contributed by atoms with E-state index in [2.05, 4.69) is 20.9 Å². The Bertz CT molecular complexity index is 1260. The van der Waals surface area contributed by atoms with Gasteiger partial charge in [0.2, 0.25) is 0 Å². The molecule has 1 fully saturated rings. The van der Waals surface area contributed by atoms with Crippen molar-refractivity contribution < 1.29 is 14.7 Å². The van der Waals surface area contributed by atoms with Crippen LogP contribution in [0.25, 0.3) is 11.4 Å². The van der Waals surface area contributed by atoms with Gasteiger partial charge in [-0.3, -0.25) is 9.59 Å². The Labute approximate surface area is 201 Å². The van der Waals surface area contributed by atoms with Gasteiger partial charge < -0.3 is 19.3 Å². The number of carbonyl (C=O) groups excluding carboxylic acids is 2. The average molecular weight is 511 g/mol. The van der Waals surface area contributed by atoms with E-state index >= 15 is 0 Å². The molecule has 1 unspecified atom stereocenters. The van der Waals surface area contributed by atoms with Crippen LogP contribution in [0.1, 0.15) is 35.0 Å². The number of rotatable bonds is 6. The maximum atomic E-state index is 13.2. The molecule has 2 aromatic heterocycles. The van der Waals surface area contributed by atoms with Gasteiger partial charge in [-0.25, -0.2) is 4.98 Å². The third kappa shape index (κ3) is 4.20. The lowest BCUT2D eigenvalue weighted by Gasteiger charge is -2.26. The first-order valence-corrected chi connectivity index (χ1v) is 11.6. The van der Waals surface area contributed by atoms with Gasteiger partial charge in [-0.05, 0) is 70.2 Å². The van der Waals surface area contributed by atoms with E-state index in [0.717, 1.165) is 22.1 Å². The number of aryl methyl sites for hydroxylation is 2. The maximum absolute atomic E-state index is 13.2. The summed E-state index contributed by atoms with van der Waals surface area (Å²) in [5.41, 5.74) is 3.53. The van der Waals surface area contributed by atoms with E-state index < -0.39 is 17.7 Å². The minimum Gasteiger partial charge on any atom is -0.505 e. The number of likely N-dealkylation sites (tertiary alicyclic amines) is 1. The number of hydrogen-bond donors (Lipinski definition) is 1. The Morgan fingerprint density at radius 2 is 1.85 bits per heavy atom. The molecule has 3 aromatic rings. The summed E-state index contributed by atoms with van der Waals surface area (Å²) in [6, 6.07) is 10.7. The topological polar surface area (TPSA) is 78.2 Å². The number of aliphatic hydroxyl groups is 1. The van der Waals surface area contributed by atoms with E-state index in [1.165, 1.54) is 0 Å². The Kier molecular flexibility index (Phi) is 6.41. The summed E-state index contributed by atoms with van der Waals surface area (Å²) in [5.74, 6) is -1.52. The fraction of sp³-hybridized carbons (Fsp3) is 0.320. The van der Waals surface area contributed by atoms with Crippen molar-refractivity contribution in [3.05, 3.63) is 75.2 Å². The Balaban J connectivity index is 1.87. The lowest BCUT2D eigenvalue weighted by molar-refractivity contribution is -0.139. The number of pyridine rings is 1. The molecule has 8 heteroatoms. The van der Waals surface area contributed by atoms with Crippen LogP contribution in [-0.4, -0.2) is 63.2 Å². The molecule has 1 amide bonds. The molecule has 1 aliphatic rings. The van der Waals surface area contributed by atoms with Gasteiger partial charge in [-0.1, -0.05) is 34.1 Å². The summed E-state index contributed by atoms with van der Waals surface area (Å²) in [6.45, 7) is 4.97. The number of aromatic nitrogens is 2. The molecule has 1 saturated heterocycles. The second kappa shape index (κ2) is 9.11. The van der Waals surface area contributed by atoms with Crippen LogP contribution in [0.5, 0.6) is 0 Å². The van der Waals surface area contributed by atoms with Crippen molar-refractivity contribution in [1.82, 2.24) is 19.2 Å². The molecule has 3 heterocycles. The SMILES string of the molecule is Cc1cccn2c(C)c(/C(O)=C3\C(=O)C(=O)N(CCCN(C)C)C3c3ccc(Br)cc3)nc12. The van der Waals surface area contributed by atoms with Gasteiger partial charge in [0.1, 0.15) is 11.3 Å². The predicted octanol–water partition coefficient (Wildman–Crippen LogP) is 4.09. The van der Waals surface area contributed by atoms with E-state index in [0.29, 0.717) is 30.0 Å². The third-order valence-corrected chi connectivity index (χ3v) is 6.57. The number of benzene rings is 1. The number of Topliss-reactive ketones (excluding diaryl/α,β-unsaturated/α-hetero) is 1. The highest BCUT2D eigenvalue weighted by atomic mass is 79.9. The Morgan fingerprint density at radius 3 is 2.48 bits per heavy atom. The molecular formula is C25H27BrN4O3. The minimum absolute atomic E-state index is 0.0799. The lowest BCUT2D eigenvalue weighted by atomic mass is 9.96. The van der Waals surface area contributed by atoms with Crippen LogP contribution >= 0.6 is 15.9 Å². The van der Waals surface area contributed by atoms with Gasteiger partial charge in [-0.15, -0.1) is 0 Å². The van der Waals surface area contributed by atoms with Crippen LogP contribution in [0.4, 0.5) is 0 Å². The zero-order valence-electron chi connectivity index (χ0n) is 19.2. The second-order valence-corrected chi connectivity index (χ2v) is 9.55. The fourth-order valence-corrected chi connectivity index (χ4v) is 4.60. The first-order chi connectivity index (χ1) is 15.7. The van der Waals surface area contributed by atoms with E-state index in [4.69, 9.17) is 0 Å². The molecule has 1 aliphatic heterocycles. The van der Waals surface area contributed by atoms with Crippen molar-refractivity contribution in [2.45, 2.75) is 26.3 Å². The molecule has 33 heavy (non-hydrogen) atoms. The van der Waals surface area contributed by atoms with E-state index in [1.54, 1.807) is 4.90 Å². The van der Waals surface area contributed by atoms with Crippen LogP contribution in [0, 0.1) is 13.8 Å². The van der Waals surface area contributed by atoms with Crippen molar-refractivity contribution in [3.8, 4) is 0 Å². The van der Waals surface area contributed by atoms with Gasteiger partial charge in [-0.2, -0.15) is 0 Å². The van der Waals surface area contributed by atoms with E-state index in [1.807, 2.05) is 79.8 Å². The van der Waals surface area contributed by atoms with Crippen molar-refractivity contribution in [2.24, 2.45) is 0 Å². The molecular weight excluding hydrogens is 484 g/mol. The summed E-state index contributed by atoms with van der Waals surface area (Å²) >= 11 is 3.44. The minimum atomic E-state index is -0.682. The molecule has 1 atom stereocenters. The molecule has 172 valence electrons. The van der Waals surface area contributed by atoms with Gasteiger partial charge in [0.15, 0.2) is 5.76 Å². The number of fused-ring (bicyclic) bond motifs is 1. The zero-order valence-corrected chi connectivity index (χ0v) is 20.8. The molecule has 0 spiro atoms. The number of carbonyl (C=O) groups is 2. The Morgan fingerprint density at radius 1 is 1.15 bits per heavy atom. The second-order valence-electron chi connectivity index (χ2n) is 8.63. The number of amides is 1. The van der Waals surface area contributed by atoms with Crippen LogP contribution in [0.15, 0.2) is 52.6 Å². The lowest BCUT2D eigenvalue weighted by Crippen LogP contribution is -2.32. The van der Waals surface area contributed by atoms with Crippen molar-refractivity contribution in [3.63, 3.8) is 0 Å². The zero-order chi connectivity index (χ0) is 23.9. The largest absolute Gasteiger partial charge is 0.505 e. The van der Waals surface area contributed by atoms with Gasteiger partial charge in [0.05, 0.1) is 17.3 Å². The number of ketones is 1. The highest BCUT2D eigenvalue weighted by Crippen LogP contribution is 2.40. The van der Waals surface area contributed by atoms with E-state index in [-0.39, 0.29) is 11.3 Å². The molecule has 1 aromatic carbocycles. The molecule has 0 radical (unpaired) electrons. The fourth-order valence-electron chi connectivity index (χ4n) is 4.33. The average Bonchev–Trinajstić information content (AvgIpc) is 3.24. The summed E-state index contributed by atoms with van der Waals surface area (Å²) in [7, 11) is 3.93. The van der Waals surface area contributed by atoms with Crippen LogP contribution in [-0.2, 0) is 9.59 Å². The number of halogens is 1. The maximum Gasteiger partial charge on any atom is 0.295 e. The van der Waals surface area contributed by atoms with Crippen LogP contribution in [0.2, 0.25) is 0 Å². The summed E-state index contributed by atoms with van der Waals surface area (Å²) < 4.78 is 2.77. The third-order valence-electron chi connectivity index (χ3n) is 6.04. The number of aliphatic hydroxyl groups excluding tert-OH is 1. The van der Waals surface area contributed by atoms with Crippen LogP contribution < -0.4 is 0 Å².